The van der Waals surface area contributed by atoms with Gasteiger partial charge in [-0.15, -0.1) is 0 Å². The van der Waals surface area contributed by atoms with E-state index in [2.05, 4.69) is 15.6 Å². The molecule has 1 aliphatic heterocycles. The molecule has 5 heteroatoms. The largest absolute Gasteiger partial charge is 0.370 e. The van der Waals surface area contributed by atoms with Crippen LogP contribution in [0.4, 0.5) is 5.82 Å². The second kappa shape index (κ2) is 5.63. The molecule has 0 radical (unpaired) electrons. The van der Waals surface area contributed by atoms with E-state index in [4.69, 9.17) is 5.73 Å². The number of pyridine rings is 1. The number of nitrogens with zero attached hydrogens (tertiary/aromatic N) is 1. The van der Waals surface area contributed by atoms with Crippen LogP contribution in [0.2, 0.25) is 0 Å². The smallest absolute Gasteiger partial charge is 0.250 e. The molecule has 1 saturated heterocycles. The van der Waals surface area contributed by atoms with Crippen molar-refractivity contribution in [3.63, 3.8) is 0 Å². The molecule has 5 nitrogen and oxygen atoms in total. The average molecular weight is 234 g/mol. The van der Waals surface area contributed by atoms with Crippen LogP contribution in [-0.2, 0) is 0 Å². The van der Waals surface area contributed by atoms with E-state index in [1.54, 1.807) is 12.1 Å². The number of primary amides is 1. The summed E-state index contributed by atoms with van der Waals surface area (Å²) in [5.74, 6) is 0.340. The lowest BCUT2D eigenvalue weighted by molar-refractivity contribution is 0.1000. The summed E-state index contributed by atoms with van der Waals surface area (Å²) in [5, 5.41) is 6.68. The van der Waals surface area contributed by atoms with Crippen LogP contribution in [-0.4, -0.2) is 30.0 Å². The standard InChI is InChI=1S/C12H18N4O/c13-12(17)9-3-4-11(16-8-9)15-7-5-10-2-1-6-14-10/h3-4,8,10,14H,1-2,5-7H2,(H2,13,17)(H,15,16)/t10-/m0/s1. The van der Waals surface area contributed by atoms with Gasteiger partial charge in [-0.05, 0) is 37.9 Å². The van der Waals surface area contributed by atoms with Gasteiger partial charge in [0.2, 0.25) is 5.91 Å². The van der Waals surface area contributed by atoms with Gasteiger partial charge in [-0.2, -0.15) is 0 Å². The highest BCUT2D eigenvalue weighted by Gasteiger charge is 2.12. The Kier molecular flexibility index (Phi) is 3.93. The van der Waals surface area contributed by atoms with Gasteiger partial charge >= 0.3 is 0 Å². The fourth-order valence-electron chi connectivity index (χ4n) is 2.02. The Morgan fingerprint density at radius 3 is 3.06 bits per heavy atom. The molecule has 2 heterocycles. The van der Waals surface area contributed by atoms with Crippen molar-refractivity contribution < 1.29 is 4.79 Å². The zero-order chi connectivity index (χ0) is 12.1. The van der Waals surface area contributed by atoms with Crippen LogP contribution in [0.5, 0.6) is 0 Å². The zero-order valence-corrected chi connectivity index (χ0v) is 9.78. The molecule has 17 heavy (non-hydrogen) atoms. The van der Waals surface area contributed by atoms with Crippen molar-refractivity contribution in [3.05, 3.63) is 23.9 Å². The summed E-state index contributed by atoms with van der Waals surface area (Å²) in [6.07, 6.45) is 5.13. The molecule has 1 aromatic heterocycles. The van der Waals surface area contributed by atoms with Gasteiger partial charge in [0.15, 0.2) is 0 Å². The summed E-state index contributed by atoms with van der Waals surface area (Å²) < 4.78 is 0. The maximum Gasteiger partial charge on any atom is 0.250 e. The lowest BCUT2D eigenvalue weighted by Gasteiger charge is -2.11. The van der Waals surface area contributed by atoms with E-state index < -0.39 is 5.91 Å². The van der Waals surface area contributed by atoms with Crippen molar-refractivity contribution in [2.75, 3.05) is 18.4 Å². The monoisotopic (exact) mass is 234 g/mol. The van der Waals surface area contributed by atoms with Gasteiger partial charge < -0.3 is 16.4 Å². The van der Waals surface area contributed by atoms with Gasteiger partial charge in [0, 0.05) is 18.8 Å². The fourth-order valence-corrected chi connectivity index (χ4v) is 2.02. The average Bonchev–Trinajstić information content (AvgIpc) is 2.83. The molecular formula is C12H18N4O. The predicted octanol–water partition coefficient (Wildman–Crippen LogP) is 0.734. The van der Waals surface area contributed by atoms with Gasteiger partial charge in [-0.3, -0.25) is 4.79 Å². The zero-order valence-electron chi connectivity index (χ0n) is 9.78. The van der Waals surface area contributed by atoms with E-state index >= 15 is 0 Å². The van der Waals surface area contributed by atoms with Gasteiger partial charge in [0.05, 0.1) is 5.56 Å². The molecule has 1 amide bonds. The minimum absolute atomic E-state index is 0.438. The van der Waals surface area contributed by atoms with Crippen molar-refractivity contribution in [3.8, 4) is 0 Å². The first kappa shape index (κ1) is 11.9. The van der Waals surface area contributed by atoms with Gasteiger partial charge in [0.25, 0.3) is 0 Å². The van der Waals surface area contributed by atoms with Crippen molar-refractivity contribution >= 4 is 11.7 Å². The van der Waals surface area contributed by atoms with Crippen molar-refractivity contribution in [1.29, 1.82) is 0 Å². The SMILES string of the molecule is NC(=O)c1ccc(NCC[C@@H]2CCCN2)nc1. The Morgan fingerprint density at radius 2 is 2.47 bits per heavy atom. The number of anilines is 1. The molecule has 4 N–H and O–H groups in total. The van der Waals surface area contributed by atoms with Crippen molar-refractivity contribution in [1.82, 2.24) is 10.3 Å². The second-order valence-corrected chi connectivity index (χ2v) is 4.31. The molecular weight excluding hydrogens is 216 g/mol. The molecule has 0 bridgehead atoms. The summed E-state index contributed by atoms with van der Waals surface area (Å²) in [4.78, 5) is 15.0. The highest BCUT2D eigenvalue weighted by Crippen LogP contribution is 2.09. The van der Waals surface area contributed by atoms with E-state index in [9.17, 15) is 4.79 Å². The lowest BCUT2D eigenvalue weighted by atomic mass is 10.1. The number of hydrogen-bond acceptors (Lipinski definition) is 4. The highest BCUT2D eigenvalue weighted by molar-refractivity contribution is 5.92. The first-order chi connectivity index (χ1) is 8.25. The number of aromatic nitrogens is 1. The first-order valence-electron chi connectivity index (χ1n) is 5.99. The maximum atomic E-state index is 10.9. The third-order valence-corrected chi connectivity index (χ3v) is 3.01. The molecule has 0 aromatic carbocycles. The third kappa shape index (κ3) is 3.42. The van der Waals surface area contributed by atoms with E-state index in [0.29, 0.717) is 11.6 Å². The minimum Gasteiger partial charge on any atom is -0.370 e. The molecule has 1 aliphatic rings. The van der Waals surface area contributed by atoms with Crippen LogP contribution in [0.25, 0.3) is 0 Å². The molecule has 0 aliphatic carbocycles. The molecule has 2 rings (SSSR count). The number of nitrogens with one attached hydrogen (secondary N) is 2. The molecule has 1 aromatic rings. The van der Waals surface area contributed by atoms with Gasteiger partial charge in [-0.1, -0.05) is 0 Å². The van der Waals surface area contributed by atoms with Crippen molar-refractivity contribution in [2.24, 2.45) is 5.73 Å². The van der Waals surface area contributed by atoms with Crippen LogP contribution in [0.3, 0.4) is 0 Å². The molecule has 92 valence electrons. The first-order valence-corrected chi connectivity index (χ1v) is 5.99. The van der Waals surface area contributed by atoms with E-state index in [0.717, 1.165) is 25.3 Å². The van der Waals surface area contributed by atoms with Gasteiger partial charge in [0.1, 0.15) is 5.82 Å². The van der Waals surface area contributed by atoms with Crippen LogP contribution in [0.1, 0.15) is 29.6 Å². The minimum atomic E-state index is -0.445. The van der Waals surface area contributed by atoms with Crippen molar-refractivity contribution in [2.45, 2.75) is 25.3 Å². The maximum absolute atomic E-state index is 10.9. The number of carbonyl (C=O) groups is 1. The number of nitrogens with two attached hydrogens (primary N) is 1. The summed E-state index contributed by atoms with van der Waals surface area (Å²) in [7, 11) is 0. The van der Waals surface area contributed by atoms with E-state index in [1.165, 1.54) is 19.0 Å². The van der Waals surface area contributed by atoms with Crippen LogP contribution in [0, 0.1) is 0 Å². The quantitative estimate of drug-likeness (QED) is 0.702. The molecule has 1 atom stereocenters. The Morgan fingerprint density at radius 1 is 1.59 bits per heavy atom. The van der Waals surface area contributed by atoms with Crippen LogP contribution >= 0.6 is 0 Å². The summed E-state index contributed by atoms with van der Waals surface area (Å²) in [6.45, 7) is 2.02. The van der Waals surface area contributed by atoms with Crippen LogP contribution < -0.4 is 16.4 Å². The van der Waals surface area contributed by atoms with E-state index in [1.807, 2.05) is 0 Å². The molecule has 0 spiro atoms. The third-order valence-electron chi connectivity index (χ3n) is 3.01. The summed E-state index contributed by atoms with van der Waals surface area (Å²) in [6, 6.07) is 4.10. The van der Waals surface area contributed by atoms with Crippen LogP contribution in [0.15, 0.2) is 18.3 Å². The summed E-state index contributed by atoms with van der Waals surface area (Å²) >= 11 is 0. The number of carbonyl (C=O) groups excluding carboxylic acids is 1. The number of rotatable bonds is 5. The predicted molar refractivity (Wildman–Crippen MR) is 66.9 cm³/mol. The number of hydrogen-bond donors (Lipinski definition) is 3. The van der Waals surface area contributed by atoms with E-state index in [-0.39, 0.29) is 0 Å². The Hall–Kier alpha value is -1.62. The fraction of sp³-hybridized carbons (Fsp3) is 0.500. The molecule has 1 fully saturated rings. The Balaban J connectivity index is 1.76. The van der Waals surface area contributed by atoms with Gasteiger partial charge in [-0.25, -0.2) is 4.98 Å². The molecule has 0 unspecified atom stereocenters. The second-order valence-electron chi connectivity index (χ2n) is 4.31. The molecule has 0 saturated carbocycles. The lowest BCUT2D eigenvalue weighted by Crippen LogP contribution is -2.24. The topological polar surface area (TPSA) is 80.0 Å². The highest BCUT2D eigenvalue weighted by atomic mass is 16.1. The Labute approximate surface area is 101 Å². The Bertz CT molecular complexity index is 371. The number of amides is 1. The normalized spacial score (nSPS) is 19.2. The summed E-state index contributed by atoms with van der Waals surface area (Å²) in [5.41, 5.74) is 5.58.